The standard InChI is InChI=1S/C47H59F2NO5/c1-30(2)37-18-14-32(4)24-43(37)55-45(53)50(28-33-11-7-6-8-12-33)29-47(54)23-21-40-38-19-15-34(25-36(51)17-13-31(3)10-9-22-46(40,47)5)26-39(38)44(52)35-16-20-41(48)42(49)27-35/h6-8,10-12,15-16,19-20,26-27,30,32,36-37,40,43,51,54H,9,13-14,17-18,21-25,28-29H2,1-5H3. The Kier molecular flexibility index (Phi) is 12.7. The second-order valence-electron chi connectivity index (χ2n) is 17.5. The number of hydrogen-bond acceptors (Lipinski definition) is 5. The Bertz CT molecular complexity index is 1860. The van der Waals surface area contributed by atoms with Crippen molar-refractivity contribution in [2.75, 3.05) is 6.54 Å². The van der Waals surface area contributed by atoms with Crippen LogP contribution in [0.2, 0.25) is 0 Å². The summed E-state index contributed by atoms with van der Waals surface area (Å²) < 4.78 is 34.9. The van der Waals surface area contributed by atoms with E-state index in [0.717, 1.165) is 53.7 Å². The minimum Gasteiger partial charge on any atom is -0.446 e. The maximum absolute atomic E-state index is 14.5. The van der Waals surface area contributed by atoms with Crippen LogP contribution >= 0.6 is 0 Å². The molecular weight excluding hydrogens is 697 g/mol. The van der Waals surface area contributed by atoms with Gasteiger partial charge in [0.25, 0.3) is 0 Å². The first-order valence-corrected chi connectivity index (χ1v) is 20.4. The summed E-state index contributed by atoms with van der Waals surface area (Å²) in [6.07, 6.45) is 7.60. The van der Waals surface area contributed by atoms with Crippen LogP contribution in [0, 0.1) is 34.8 Å². The van der Waals surface area contributed by atoms with E-state index < -0.39 is 40.6 Å². The third kappa shape index (κ3) is 9.07. The van der Waals surface area contributed by atoms with Crippen molar-refractivity contribution >= 4 is 11.9 Å². The maximum atomic E-state index is 14.5. The fourth-order valence-electron chi connectivity index (χ4n) is 9.75. The van der Waals surface area contributed by atoms with E-state index in [2.05, 4.69) is 40.7 Å². The Balaban J connectivity index is 1.41. The van der Waals surface area contributed by atoms with Crippen LogP contribution in [0.3, 0.4) is 0 Å². The fraction of sp³-hybridized carbons (Fsp3) is 0.532. The van der Waals surface area contributed by atoms with Crippen molar-refractivity contribution in [3.8, 4) is 0 Å². The van der Waals surface area contributed by atoms with Crippen molar-refractivity contribution in [3.05, 3.63) is 118 Å². The number of carbonyl (C=O) groups excluding carboxylic acids is 2. The van der Waals surface area contributed by atoms with Crippen molar-refractivity contribution in [1.82, 2.24) is 4.90 Å². The molecule has 2 saturated carbocycles. The van der Waals surface area contributed by atoms with E-state index in [-0.39, 0.29) is 36.6 Å². The first kappa shape index (κ1) is 40.8. The van der Waals surface area contributed by atoms with E-state index in [0.29, 0.717) is 62.3 Å². The number of ether oxygens (including phenoxy) is 1. The third-order valence-corrected chi connectivity index (χ3v) is 13.2. The number of benzene rings is 3. The molecule has 2 bridgehead atoms. The molecule has 0 saturated heterocycles. The van der Waals surface area contributed by atoms with Crippen molar-refractivity contribution in [1.29, 1.82) is 0 Å². The molecule has 55 heavy (non-hydrogen) atoms. The number of ketones is 1. The van der Waals surface area contributed by atoms with Gasteiger partial charge in [0.15, 0.2) is 17.4 Å². The number of aliphatic hydroxyl groups is 2. The van der Waals surface area contributed by atoms with Crippen LogP contribution in [0.25, 0.3) is 0 Å². The van der Waals surface area contributed by atoms with E-state index in [9.17, 15) is 28.6 Å². The molecule has 4 aliphatic rings. The molecule has 0 heterocycles. The van der Waals surface area contributed by atoms with Gasteiger partial charge in [0.05, 0.1) is 18.2 Å². The van der Waals surface area contributed by atoms with Crippen molar-refractivity contribution in [2.24, 2.45) is 23.2 Å². The molecule has 6 nitrogen and oxygen atoms in total. The van der Waals surface area contributed by atoms with Gasteiger partial charge in [-0.3, -0.25) is 4.79 Å². The number of aliphatic hydroxyl groups excluding tert-OH is 1. The van der Waals surface area contributed by atoms with Crippen LogP contribution in [-0.2, 0) is 17.7 Å². The zero-order valence-electron chi connectivity index (χ0n) is 33.2. The third-order valence-electron chi connectivity index (χ3n) is 13.2. The normalized spacial score (nSPS) is 28.6. The van der Waals surface area contributed by atoms with Crippen LogP contribution in [-0.4, -0.2) is 51.3 Å². The highest BCUT2D eigenvalue weighted by molar-refractivity contribution is 6.10. The first-order valence-electron chi connectivity index (χ1n) is 20.4. The number of amides is 1. The molecule has 0 spiro atoms. The van der Waals surface area contributed by atoms with Crippen LogP contribution in [0.5, 0.6) is 0 Å². The molecule has 0 radical (unpaired) electrons. The molecule has 8 heteroatoms. The average molecular weight is 756 g/mol. The molecule has 2 fully saturated rings. The minimum absolute atomic E-state index is 0.0287. The molecule has 2 N–H and O–H groups in total. The fourth-order valence-corrected chi connectivity index (χ4v) is 9.75. The molecular formula is C47H59F2NO5. The Hall–Kier alpha value is -3.88. The summed E-state index contributed by atoms with van der Waals surface area (Å²) in [6, 6.07) is 18.6. The van der Waals surface area contributed by atoms with Gasteiger partial charge in [-0.05, 0) is 129 Å². The molecule has 3 aromatic carbocycles. The molecule has 1 amide bonds. The van der Waals surface area contributed by atoms with Gasteiger partial charge < -0.3 is 19.8 Å². The molecule has 0 aromatic heterocycles. The maximum Gasteiger partial charge on any atom is 0.410 e. The Morgan fingerprint density at radius 2 is 1.73 bits per heavy atom. The number of allylic oxidation sites excluding steroid dienone is 2. The second-order valence-corrected chi connectivity index (χ2v) is 17.5. The van der Waals surface area contributed by atoms with Crippen LogP contribution in [0.1, 0.15) is 131 Å². The molecule has 0 aliphatic heterocycles. The largest absolute Gasteiger partial charge is 0.446 e. The van der Waals surface area contributed by atoms with Crippen molar-refractivity contribution in [2.45, 2.75) is 129 Å². The lowest BCUT2D eigenvalue weighted by molar-refractivity contribution is -0.0876. The lowest BCUT2D eigenvalue weighted by Gasteiger charge is -2.46. The topological polar surface area (TPSA) is 87.1 Å². The summed E-state index contributed by atoms with van der Waals surface area (Å²) in [6.45, 7) is 11.1. The zero-order chi connectivity index (χ0) is 39.5. The molecule has 7 unspecified atom stereocenters. The average Bonchev–Trinajstić information content (AvgIpc) is 3.40. The van der Waals surface area contributed by atoms with Gasteiger partial charge in [-0.2, -0.15) is 0 Å². The summed E-state index contributed by atoms with van der Waals surface area (Å²) in [5.41, 5.74) is 1.79. The number of carbonyl (C=O) groups is 2. The highest BCUT2D eigenvalue weighted by Crippen LogP contribution is 2.59. The molecule has 4 aliphatic carbocycles. The Morgan fingerprint density at radius 1 is 0.964 bits per heavy atom. The summed E-state index contributed by atoms with van der Waals surface area (Å²) in [5, 5.41) is 24.1. The van der Waals surface area contributed by atoms with Crippen molar-refractivity contribution < 1.29 is 33.3 Å². The molecule has 296 valence electrons. The first-order chi connectivity index (χ1) is 26.2. The van der Waals surface area contributed by atoms with Crippen molar-refractivity contribution in [3.63, 3.8) is 0 Å². The van der Waals surface area contributed by atoms with Crippen LogP contribution < -0.4 is 0 Å². The van der Waals surface area contributed by atoms with E-state index in [1.54, 1.807) is 11.0 Å². The number of nitrogens with zero attached hydrogens (tertiary/aromatic N) is 1. The Labute approximate surface area is 326 Å². The number of rotatable bonds is 8. The lowest BCUT2D eigenvalue weighted by Crippen LogP contribution is -2.54. The predicted octanol–water partition coefficient (Wildman–Crippen LogP) is 10.3. The predicted molar refractivity (Wildman–Crippen MR) is 212 cm³/mol. The van der Waals surface area contributed by atoms with Crippen LogP contribution in [0.15, 0.2) is 78.4 Å². The van der Waals surface area contributed by atoms with E-state index in [4.69, 9.17) is 4.74 Å². The SMILES string of the molecule is CC1=CCCC2(C)C(CCC2(O)CN(Cc2ccccc2)C(=O)OC2CC(C)CCC2C(C)C)c2ccc(cc2C(=O)c2ccc(F)c(F)c2)CC(O)CC1. The second kappa shape index (κ2) is 17.1. The van der Waals surface area contributed by atoms with Gasteiger partial charge in [-0.15, -0.1) is 0 Å². The van der Waals surface area contributed by atoms with E-state index in [1.165, 1.54) is 6.07 Å². The molecule has 7 rings (SSSR count). The number of hydrogen-bond donors (Lipinski definition) is 2. The lowest BCUT2D eigenvalue weighted by atomic mass is 9.64. The summed E-state index contributed by atoms with van der Waals surface area (Å²) >= 11 is 0. The van der Waals surface area contributed by atoms with Gasteiger partial charge in [-0.1, -0.05) is 88.2 Å². The summed E-state index contributed by atoms with van der Waals surface area (Å²) in [5.74, 6) is -1.80. The van der Waals surface area contributed by atoms with Crippen LogP contribution in [0.4, 0.5) is 13.6 Å². The monoisotopic (exact) mass is 755 g/mol. The zero-order valence-corrected chi connectivity index (χ0v) is 33.2. The van der Waals surface area contributed by atoms with Gasteiger partial charge in [-0.25, -0.2) is 13.6 Å². The quantitative estimate of drug-likeness (QED) is 0.177. The minimum atomic E-state index is -1.36. The summed E-state index contributed by atoms with van der Waals surface area (Å²) in [4.78, 5) is 30.4. The van der Waals surface area contributed by atoms with Gasteiger partial charge in [0.1, 0.15) is 6.10 Å². The van der Waals surface area contributed by atoms with E-state index >= 15 is 0 Å². The highest BCUT2D eigenvalue weighted by Gasteiger charge is 2.58. The molecule has 3 aromatic rings. The molecule has 7 atom stereocenters. The van der Waals surface area contributed by atoms with Gasteiger partial charge in [0, 0.05) is 23.1 Å². The van der Waals surface area contributed by atoms with E-state index in [1.807, 2.05) is 42.5 Å². The number of halogens is 2. The Morgan fingerprint density at radius 3 is 2.45 bits per heavy atom. The van der Waals surface area contributed by atoms with Gasteiger partial charge in [0.2, 0.25) is 0 Å². The van der Waals surface area contributed by atoms with Gasteiger partial charge >= 0.3 is 6.09 Å². The summed E-state index contributed by atoms with van der Waals surface area (Å²) in [7, 11) is 0. The highest BCUT2D eigenvalue weighted by atomic mass is 19.2. The smallest absolute Gasteiger partial charge is 0.410 e. The number of fused-ring (bicyclic) bond motifs is 8.